The van der Waals surface area contributed by atoms with Gasteiger partial charge in [-0.3, -0.25) is 4.90 Å². The van der Waals surface area contributed by atoms with Crippen LogP contribution in [-0.2, 0) is 0 Å². The molecule has 0 amide bonds. The highest BCUT2D eigenvalue weighted by atomic mass is 15.3. The van der Waals surface area contributed by atoms with Gasteiger partial charge in [-0.15, -0.1) is 0 Å². The van der Waals surface area contributed by atoms with Crippen molar-refractivity contribution in [1.82, 2.24) is 4.90 Å². The predicted molar refractivity (Wildman–Crippen MR) is 54.7 cm³/mol. The zero-order valence-corrected chi connectivity index (χ0v) is 8.81. The zero-order chi connectivity index (χ0) is 8.94. The van der Waals surface area contributed by atoms with E-state index in [2.05, 4.69) is 11.8 Å². The summed E-state index contributed by atoms with van der Waals surface area (Å²) in [6.07, 6.45) is 10.4. The molecule has 3 rings (SSSR count). The minimum Gasteiger partial charge on any atom is -0.297 e. The Bertz CT molecular complexity index is 219. The molecule has 0 radical (unpaired) electrons. The molecule has 13 heavy (non-hydrogen) atoms. The monoisotopic (exact) mass is 179 g/mol. The lowest BCUT2D eigenvalue weighted by Crippen LogP contribution is -2.37. The molecule has 1 saturated carbocycles. The molecular weight excluding hydrogens is 158 g/mol. The summed E-state index contributed by atoms with van der Waals surface area (Å²) in [5.41, 5.74) is 1.51. The molecule has 0 aromatic heterocycles. The first kappa shape index (κ1) is 8.28. The molecule has 74 valence electrons. The van der Waals surface area contributed by atoms with E-state index in [1.807, 2.05) is 0 Å². The molecule has 2 saturated heterocycles. The van der Waals surface area contributed by atoms with Crippen LogP contribution in [0.15, 0.2) is 0 Å². The Morgan fingerprint density at radius 2 is 2.08 bits per heavy atom. The number of fused-ring (bicyclic) bond motifs is 1. The van der Waals surface area contributed by atoms with E-state index in [0.29, 0.717) is 5.54 Å². The van der Waals surface area contributed by atoms with Crippen LogP contribution in [0.5, 0.6) is 0 Å². The Balaban J connectivity index is 1.82. The van der Waals surface area contributed by atoms with Crippen molar-refractivity contribution in [3.8, 4) is 0 Å². The highest BCUT2D eigenvalue weighted by Gasteiger charge is 2.59. The summed E-state index contributed by atoms with van der Waals surface area (Å²) in [5.74, 6) is 0. The van der Waals surface area contributed by atoms with Crippen LogP contribution in [0.2, 0.25) is 0 Å². The summed E-state index contributed by atoms with van der Waals surface area (Å²) in [5, 5.41) is 0. The van der Waals surface area contributed by atoms with Gasteiger partial charge in [0.2, 0.25) is 0 Å². The first-order chi connectivity index (χ1) is 6.29. The highest BCUT2D eigenvalue weighted by Crippen LogP contribution is 2.61. The summed E-state index contributed by atoms with van der Waals surface area (Å²) >= 11 is 0. The van der Waals surface area contributed by atoms with E-state index < -0.39 is 0 Å². The van der Waals surface area contributed by atoms with Crippen LogP contribution in [0.3, 0.4) is 0 Å². The fourth-order valence-electron chi connectivity index (χ4n) is 3.95. The van der Waals surface area contributed by atoms with E-state index in [-0.39, 0.29) is 0 Å². The number of nitrogens with zero attached hydrogens (tertiary/aromatic N) is 1. The molecule has 2 heterocycles. The summed E-state index contributed by atoms with van der Waals surface area (Å²) in [6, 6.07) is 0. The smallest absolute Gasteiger partial charge is 0.0216 e. The van der Waals surface area contributed by atoms with Crippen LogP contribution in [0, 0.1) is 5.41 Å². The molecule has 3 aliphatic rings. The molecule has 1 heteroatoms. The van der Waals surface area contributed by atoms with Gasteiger partial charge in [0.05, 0.1) is 0 Å². The SMILES string of the molecule is CCC[C@@]12CCCN1CC1(CC1)C2. The van der Waals surface area contributed by atoms with E-state index in [1.54, 1.807) is 6.42 Å². The summed E-state index contributed by atoms with van der Waals surface area (Å²) in [4.78, 5) is 2.84. The Kier molecular flexibility index (Phi) is 1.59. The molecule has 1 nitrogen and oxygen atoms in total. The van der Waals surface area contributed by atoms with Crippen LogP contribution in [0.25, 0.3) is 0 Å². The lowest BCUT2D eigenvalue weighted by Gasteiger charge is -2.31. The maximum atomic E-state index is 2.84. The summed E-state index contributed by atoms with van der Waals surface area (Å²) < 4.78 is 0. The standard InChI is InChI=1S/C12H21N/c1-2-4-12-5-3-8-13(12)10-11(9-12)6-7-11/h2-10H2,1H3/t12-/m0/s1. The molecule has 0 N–H and O–H groups in total. The predicted octanol–water partition coefficient (Wildman–Crippen LogP) is 2.81. The van der Waals surface area contributed by atoms with Crippen molar-refractivity contribution in [2.75, 3.05) is 13.1 Å². The Morgan fingerprint density at radius 3 is 2.77 bits per heavy atom. The van der Waals surface area contributed by atoms with Gasteiger partial charge in [-0.05, 0) is 50.5 Å². The molecule has 0 unspecified atom stereocenters. The van der Waals surface area contributed by atoms with Crippen LogP contribution >= 0.6 is 0 Å². The first-order valence-electron chi connectivity index (χ1n) is 6.04. The Morgan fingerprint density at radius 1 is 1.23 bits per heavy atom. The van der Waals surface area contributed by atoms with Crippen molar-refractivity contribution < 1.29 is 0 Å². The maximum absolute atomic E-state index is 2.84. The number of hydrogen-bond acceptors (Lipinski definition) is 1. The number of rotatable bonds is 2. The van der Waals surface area contributed by atoms with E-state index in [4.69, 9.17) is 0 Å². The van der Waals surface area contributed by atoms with Crippen molar-refractivity contribution >= 4 is 0 Å². The van der Waals surface area contributed by atoms with E-state index in [9.17, 15) is 0 Å². The Labute approximate surface area is 81.5 Å². The molecule has 0 aromatic carbocycles. The van der Waals surface area contributed by atoms with Gasteiger partial charge in [0.15, 0.2) is 0 Å². The molecule has 1 aliphatic carbocycles. The van der Waals surface area contributed by atoms with Gasteiger partial charge in [-0.25, -0.2) is 0 Å². The van der Waals surface area contributed by atoms with Gasteiger partial charge in [-0.2, -0.15) is 0 Å². The van der Waals surface area contributed by atoms with Crippen LogP contribution in [0.4, 0.5) is 0 Å². The maximum Gasteiger partial charge on any atom is 0.0216 e. The van der Waals surface area contributed by atoms with Gasteiger partial charge in [0.1, 0.15) is 0 Å². The quantitative estimate of drug-likeness (QED) is 0.630. The second-order valence-corrected chi connectivity index (χ2v) is 5.68. The average molecular weight is 179 g/mol. The van der Waals surface area contributed by atoms with Crippen molar-refractivity contribution in [2.24, 2.45) is 5.41 Å². The van der Waals surface area contributed by atoms with E-state index >= 15 is 0 Å². The molecular formula is C12H21N. The third-order valence-corrected chi connectivity index (χ3v) is 4.64. The minimum absolute atomic E-state index is 0.686. The van der Waals surface area contributed by atoms with Crippen molar-refractivity contribution in [3.63, 3.8) is 0 Å². The van der Waals surface area contributed by atoms with Gasteiger partial charge in [0.25, 0.3) is 0 Å². The zero-order valence-electron chi connectivity index (χ0n) is 8.81. The summed E-state index contributed by atoms with van der Waals surface area (Å²) in [6.45, 7) is 5.21. The van der Waals surface area contributed by atoms with Crippen molar-refractivity contribution in [1.29, 1.82) is 0 Å². The second kappa shape index (κ2) is 2.50. The summed E-state index contributed by atoms with van der Waals surface area (Å²) in [7, 11) is 0. The average Bonchev–Trinajstić information content (AvgIpc) is 2.60. The number of hydrogen-bond donors (Lipinski definition) is 0. The normalized spacial score (nSPS) is 41.3. The second-order valence-electron chi connectivity index (χ2n) is 5.68. The fourth-order valence-corrected chi connectivity index (χ4v) is 3.95. The third kappa shape index (κ3) is 1.09. The molecule has 0 bridgehead atoms. The van der Waals surface area contributed by atoms with Crippen LogP contribution in [-0.4, -0.2) is 23.5 Å². The lowest BCUT2D eigenvalue weighted by atomic mass is 9.85. The molecule has 1 spiro atoms. The largest absolute Gasteiger partial charge is 0.297 e. The van der Waals surface area contributed by atoms with Gasteiger partial charge >= 0.3 is 0 Å². The molecule has 2 aliphatic heterocycles. The highest BCUT2D eigenvalue weighted by molar-refractivity contribution is 5.13. The molecule has 3 fully saturated rings. The van der Waals surface area contributed by atoms with E-state index in [0.717, 1.165) is 5.41 Å². The van der Waals surface area contributed by atoms with Crippen LogP contribution in [0.1, 0.15) is 51.9 Å². The van der Waals surface area contributed by atoms with Crippen LogP contribution < -0.4 is 0 Å². The minimum atomic E-state index is 0.686. The van der Waals surface area contributed by atoms with Gasteiger partial charge < -0.3 is 0 Å². The Hall–Kier alpha value is -0.0400. The van der Waals surface area contributed by atoms with Gasteiger partial charge in [-0.1, -0.05) is 13.3 Å². The lowest BCUT2D eigenvalue weighted by molar-refractivity contribution is 0.181. The van der Waals surface area contributed by atoms with Crippen molar-refractivity contribution in [2.45, 2.75) is 57.4 Å². The topological polar surface area (TPSA) is 3.24 Å². The van der Waals surface area contributed by atoms with Gasteiger partial charge in [0, 0.05) is 12.1 Å². The molecule has 0 aromatic rings. The molecule has 1 atom stereocenters. The van der Waals surface area contributed by atoms with Crippen molar-refractivity contribution in [3.05, 3.63) is 0 Å². The van der Waals surface area contributed by atoms with E-state index in [1.165, 1.54) is 51.6 Å². The first-order valence-corrected chi connectivity index (χ1v) is 6.04. The fraction of sp³-hybridized carbons (Fsp3) is 1.00. The third-order valence-electron chi connectivity index (χ3n) is 4.64.